The number of piperazine rings is 1. The number of nitrogen functional groups attached to an aromatic ring is 1. The van der Waals surface area contributed by atoms with E-state index in [1.165, 1.54) is 6.07 Å². The summed E-state index contributed by atoms with van der Waals surface area (Å²) < 4.78 is 49.2. The van der Waals surface area contributed by atoms with Crippen LogP contribution >= 0.6 is 11.6 Å². The number of aliphatic carboxylic acids is 1. The van der Waals surface area contributed by atoms with Crippen molar-refractivity contribution in [3.8, 4) is 16.8 Å². The predicted octanol–water partition coefficient (Wildman–Crippen LogP) is 5.95. The van der Waals surface area contributed by atoms with E-state index in [0.29, 0.717) is 27.2 Å². The van der Waals surface area contributed by atoms with Crippen LogP contribution < -0.4 is 21.5 Å². The Hall–Kier alpha value is -4.09. The Kier molecular flexibility index (Phi) is 9.12. The van der Waals surface area contributed by atoms with E-state index in [1.807, 2.05) is 25.1 Å². The van der Waals surface area contributed by atoms with Gasteiger partial charge in [-0.3, -0.25) is 9.36 Å². The highest BCUT2D eigenvalue weighted by molar-refractivity contribution is 6.34. The van der Waals surface area contributed by atoms with Crippen LogP contribution in [0, 0.1) is 12.7 Å². The number of nitrogens with two attached hydrogens (primary N) is 1. The second-order valence-electron chi connectivity index (χ2n) is 9.73. The van der Waals surface area contributed by atoms with Crippen LogP contribution in [-0.2, 0) is 11.2 Å². The first kappa shape index (κ1) is 30.9. The molecule has 1 aromatic heterocycles. The highest BCUT2D eigenvalue weighted by atomic mass is 35.5. The molecule has 5 rings (SSSR count). The van der Waals surface area contributed by atoms with Crippen molar-refractivity contribution < 1.29 is 27.5 Å². The van der Waals surface area contributed by atoms with Crippen LogP contribution in [0.2, 0.25) is 5.02 Å². The number of halogens is 5. The molecule has 0 radical (unpaired) electrons. The number of hydrogen-bond acceptors (Lipinski definition) is 5. The lowest BCUT2D eigenvalue weighted by molar-refractivity contribution is -0.192. The summed E-state index contributed by atoms with van der Waals surface area (Å²) in [6.45, 7) is 7.15. The zero-order valence-corrected chi connectivity index (χ0v) is 23.6. The molecule has 7 nitrogen and oxygen atoms in total. The minimum Gasteiger partial charge on any atom is -0.475 e. The summed E-state index contributed by atoms with van der Waals surface area (Å²) in [4.78, 5) is 24.8. The molecule has 0 bridgehead atoms. The van der Waals surface area contributed by atoms with Crippen molar-refractivity contribution in [2.45, 2.75) is 26.4 Å². The first-order valence-electron chi connectivity index (χ1n) is 13.1. The molecular formula is C30H29ClF4N4O3. The molecule has 4 N–H and O–H groups in total. The molecule has 0 saturated carbocycles. The Morgan fingerprint density at radius 1 is 1.10 bits per heavy atom. The summed E-state index contributed by atoms with van der Waals surface area (Å²) >= 11 is 6.47. The zero-order chi connectivity index (χ0) is 30.8. The van der Waals surface area contributed by atoms with E-state index in [4.69, 9.17) is 27.2 Å². The highest BCUT2D eigenvalue weighted by Crippen LogP contribution is 2.39. The predicted molar refractivity (Wildman–Crippen MR) is 157 cm³/mol. The molecule has 1 aliphatic heterocycles. The number of nitrogens with one attached hydrogen (secondary N) is 1. The Labute approximate surface area is 244 Å². The highest BCUT2D eigenvalue weighted by Gasteiger charge is 2.38. The van der Waals surface area contributed by atoms with Gasteiger partial charge < -0.3 is 21.1 Å². The number of carboxylic acids is 1. The van der Waals surface area contributed by atoms with Crippen molar-refractivity contribution in [1.29, 1.82) is 0 Å². The lowest BCUT2D eigenvalue weighted by Crippen LogP contribution is -2.44. The zero-order valence-electron chi connectivity index (χ0n) is 22.9. The SMILES string of the molecule is CCc1cccc(C)c1-n1c(=O)cc(N2CCNCC2)c2cc(F)c(-c3c(N)cccc3Cl)cc21.O=C(O)C(F)(F)F. The van der Waals surface area contributed by atoms with Crippen LogP contribution in [0.25, 0.3) is 27.7 Å². The number of rotatable bonds is 4. The van der Waals surface area contributed by atoms with E-state index in [1.54, 1.807) is 34.9 Å². The van der Waals surface area contributed by atoms with Crippen molar-refractivity contribution in [1.82, 2.24) is 9.88 Å². The maximum absolute atomic E-state index is 15.7. The van der Waals surface area contributed by atoms with Gasteiger partial charge in [-0.25, -0.2) is 9.18 Å². The largest absolute Gasteiger partial charge is 0.490 e. The van der Waals surface area contributed by atoms with Gasteiger partial charge in [0.1, 0.15) is 5.82 Å². The fourth-order valence-electron chi connectivity index (χ4n) is 5.07. The fourth-order valence-corrected chi connectivity index (χ4v) is 5.35. The van der Waals surface area contributed by atoms with Gasteiger partial charge in [-0.15, -0.1) is 0 Å². The maximum atomic E-state index is 15.7. The second-order valence-corrected chi connectivity index (χ2v) is 10.1. The van der Waals surface area contributed by atoms with Gasteiger partial charge in [0.05, 0.1) is 21.9 Å². The van der Waals surface area contributed by atoms with Gasteiger partial charge in [0.2, 0.25) is 0 Å². The van der Waals surface area contributed by atoms with Crippen molar-refractivity contribution in [2.75, 3.05) is 36.8 Å². The summed E-state index contributed by atoms with van der Waals surface area (Å²) in [6, 6.07) is 16.0. The van der Waals surface area contributed by atoms with Crippen LogP contribution in [0.5, 0.6) is 0 Å². The molecule has 12 heteroatoms. The third-order valence-electron chi connectivity index (χ3n) is 7.02. The molecular weight excluding hydrogens is 576 g/mol. The summed E-state index contributed by atoms with van der Waals surface area (Å²) in [5, 5.41) is 11.5. The first-order chi connectivity index (χ1) is 19.8. The van der Waals surface area contributed by atoms with E-state index < -0.39 is 18.0 Å². The van der Waals surface area contributed by atoms with E-state index in [0.717, 1.165) is 55.1 Å². The number of carbonyl (C=O) groups is 1. The molecule has 1 fully saturated rings. The Morgan fingerprint density at radius 2 is 1.74 bits per heavy atom. The van der Waals surface area contributed by atoms with E-state index >= 15 is 4.39 Å². The average Bonchev–Trinajstić information content (AvgIpc) is 2.94. The molecule has 0 amide bonds. The first-order valence-corrected chi connectivity index (χ1v) is 13.5. The van der Waals surface area contributed by atoms with E-state index in [-0.39, 0.29) is 11.1 Å². The van der Waals surface area contributed by atoms with Gasteiger partial charge >= 0.3 is 12.1 Å². The molecule has 0 unspecified atom stereocenters. The van der Waals surface area contributed by atoms with Crippen LogP contribution in [0.3, 0.4) is 0 Å². The van der Waals surface area contributed by atoms with Crippen LogP contribution in [0.15, 0.2) is 59.4 Å². The van der Waals surface area contributed by atoms with Crippen molar-refractivity contribution >= 4 is 39.8 Å². The lowest BCUT2D eigenvalue weighted by Gasteiger charge is -2.31. The molecule has 2 heterocycles. The normalized spacial score (nSPS) is 13.5. The number of carboxylic acid groups (broad SMARTS) is 1. The van der Waals surface area contributed by atoms with Gasteiger partial charge in [-0.05, 0) is 48.7 Å². The number of benzene rings is 3. The Morgan fingerprint density at radius 3 is 2.33 bits per heavy atom. The smallest absolute Gasteiger partial charge is 0.475 e. The molecule has 1 saturated heterocycles. The summed E-state index contributed by atoms with van der Waals surface area (Å²) in [5.41, 5.74) is 11.4. The maximum Gasteiger partial charge on any atom is 0.490 e. The number of nitrogens with zero attached hydrogens (tertiary/aromatic N) is 2. The van der Waals surface area contributed by atoms with Crippen LogP contribution in [0.4, 0.5) is 28.9 Å². The summed E-state index contributed by atoms with van der Waals surface area (Å²) in [5.74, 6) is -3.19. The molecule has 0 spiro atoms. The fraction of sp³-hybridized carbons (Fsp3) is 0.267. The van der Waals surface area contributed by atoms with Crippen molar-refractivity contribution in [2.24, 2.45) is 0 Å². The Bertz CT molecular complexity index is 1680. The van der Waals surface area contributed by atoms with Crippen LogP contribution in [-0.4, -0.2) is 48.0 Å². The molecule has 3 aromatic carbocycles. The standard InChI is InChI=1S/C28H28ClFN4O.C2HF3O2/c1-3-18-7-4-6-17(2)28(18)34-25-15-19(27-21(29)8-5-9-23(27)31)22(30)14-20(25)24(16-26(34)35)33-12-10-32-11-13-33;3-2(4,5)1(6)7/h4-9,14-16,32H,3,10-13,31H2,1-2H3;(H,6,7). The summed E-state index contributed by atoms with van der Waals surface area (Å²) in [7, 11) is 0. The molecule has 0 aliphatic carbocycles. The van der Waals surface area contributed by atoms with Crippen molar-refractivity contribution in [3.05, 3.63) is 86.9 Å². The van der Waals surface area contributed by atoms with Gasteiger partial charge in [0.15, 0.2) is 0 Å². The minimum atomic E-state index is -5.08. The molecule has 0 atom stereocenters. The van der Waals surface area contributed by atoms with Gasteiger partial charge in [-0.1, -0.05) is 42.8 Å². The average molecular weight is 605 g/mol. The number of anilines is 2. The summed E-state index contributed by atoms with van der Waals surface area (Å²) in [6.07, 6.45) is -4.32. The van der Waals surface area contributed by atoms with Gasteiger partial charge in [-0.2, -0.15) is 13.2 Å². The minimum absolute atomic E-state index is 0.153. The van der Waals surface area contributed by atoms with Crippen molar-refractivity contribution in [3.63, 3.8) is 0 Å². The van der Waals surface area contributed by atoms with Crippen LogP contribution in [0.1, 0.15) is 18.1 Å². The monoisotopic (exact) mass is 604 g/mol. The number of fused-ring (bicyclic) bond motifs is 1. The molecule has 42 heavy (non-hydrogen) atoms. The second kappa shape index (κ2) is 12.4. The number of aromatic nitrogens is 1. The lowest BCUT2D eigenvalue weighted by atomic mass is 9.99. The Balaban J connectivity index is 0.000000517. The number of para-hydroxylation sites is 1. The number of pyridine rings is 1. The molecule has 1 aliphatic rings. The third-order valence-corrected chi connectivity index (χ3v) is 7.34. The number of aryl methyl sites for hydroxylation is 2. The van der Waals surface area contributed by atoms with Gasteiger partial charge in [0, 0.05) is 54.4 Å². The topological polar surface area (TPSA) is 101 Å². The number of hydrogen-bond donors (Lipinski definition) is 3. The van der Waals surface area contributed by atoms with Gasteiger partial charge in [0.25, 0.3) is 5.56 Å². The molecule has 4 aromatic rings. The quantitative estimate of drug-likeness (QED) is 0.197. The third kappa shape index (κ3) is 6.22. The molecule has 222 valence electrons. The van der Waals surface area contributed by atoms with E-state index in [9.17, 15) is 18.0 Å². The number of alkyl halides is 3. The van der Waals surface area contributed by atoms with E-state index in [2.05, 4.69) is 17.1 Å².